The minimum atomic E-state index is -0.160. The van der Waals surface area contributed by atoms with E-state index in [0.717, 1.165) is 44.3 Å². The highest BCUT2D eigenvalue weighted by Gasteiger charge is 2.38. The van der Waals surface area contributed by atoms with Gasteiger partial charge in [-0.1, -0.05) is 30.3 Å². The summed E-state index contributed by atoms with van der Waals surface area (Å²) in [6.07, 6.45) is 3.20. The highest BCUT2D eigenvalue weighted by molar-refractivity contribution is 5.67. The van der Waals surface area contributed by atoms with E-state index < -0.39 is 0 Å². The van der Waals surface area contributed by atoms with E-state index in [-0.39, 0.29) is 6.09 Å². The lowest BCUT2D eigenvalue weighted by atomic mass is 10.0. The molecule has 1 aliphatic carbocycles. The van der Waals surface area contributed by atoms with Crippen LogP contribution < -0.4 is 5.32 Å². The molecule has 120 valence electrons. The average molecular weight is 302 g/mol. The van der Waals surface area contributed by atoms with Gasteiger partial charge in [0.1, 0.15) is 0 Å². The van der Waals surface area contributed by atoms with Gasteiger partial charge in [0.05, 0.1) is 6.61 Å². The van der Waals surface area contributed by atoms with Gasteiger partial charge in [-0.15, -0.1) is 0 Å². The fourth-order valence-electron chi connectivity index (χ4n) is 3.38. The summed E-state index contributed by atoms with van der Waals surface area (Å²) >= 11 is 0. The zero-order chi connectivity index (χ0) is 15.4. The highest BCUT2D eigenvalue weighted by atomic mass is 16.6. The molecule has 1 amide bonds. The SMILES string of the molecule is CCOC(=O)N1CCC(NCC2CC2c2ccccc2)CC1. The molecule has 1 N–H and O–H groups in total. The van der Waals surface area contributed by atoms with Gasteiger partial charge in [0.15, 0.2) is 0 Å². The van der Waals surface area contributed by atoms with Gasteiger partial charge in [0.2, 0.25) is 0 Å². The predicted molar refractivity (Wildman–Crippen MR) is 86.9 cm³/mol. The van der Waals surface area contributed by atoms with Crippen molar-refractivity contribution in [1.82, 2.24) is 10.2 Å². The van der Waals surface area contributed by atoms with E-state index in [2.05, 4.69) is 35.6 Å². The number of carbonyl (C=O) groups excluding carboxylic acids is 1. The Balaban J connectivity index is 1.36. The van der Waals surface area contributed by atoms with Crippen LogP contribution in [0.1, 0.15) is 37.7 Å². The number of nitrogens with one attached hydrogen (secondary N) is 1. The minimum absolute atomic E-state index is 0.160. The Labute approximate surface area is 132 Å². The molecule has 4 nitrogen and oxygen atoms in total. The summed E-state index contributed by atoms with van der Waals surface area (Å²) in [6.45, 7) is 5.03. The van der Waals surface area contributed by atoms with Crippen LogP contribution in [0.15, 0.2) is 30.3 Å². The third-order valence-corrected chi connectivity index (χ3v) is 4.84. The van der Waals surface area contributed by atoms with Crippen LogP contribution in [0.25, 0.3) is 0 Å². The number of benzene rings is 1. The van der Waals surface area contributed by atoms with Crippen LogP contribution in [0, 0.1) is 5.92 Å². The lowest BCUT2D eigenvalue weighted by Gasteiger charge is -2.31. The molecule has 3 rings (SSSR count). The standard InChI is InChI=1S/C18H26N2O2/c1-2-22-18(21)20-10-8-16(9-11-20)19-13-15-12-17(15)14-6-4-3-5-7-14/h3-7,15-17,19H,2,8-13H2,1H3. The minimum Gasteiger partial charge on any atom is -0.450 e. The molecule has 1 aromatic rings. The van der Waals surface area contributed by atoms with Crippen LogP contribution in [0.5, 0.6) is 0 Å². The lowest BCUT2D eigenvalue weighted by molar-refractivity contribution is 0.0950. The van der Waals surface area contributed by atoms with Crippen molar-refractivity contribution < 1.29 is 9.53 Å². The smallest absolute Gasteiger partial charge is 0.409 e. The quantitative estimate of drug-likeness (QED) is 0.909. The molecular weight excluding hydrogens is 276 g/mol. The predicted octanol–water partition coefficient (Wildman–Crippen LogP) is 3.00. The first-order valence-electron chi connectivity index (χ1n) is 8.48. The summed E-state index contributed by atoms with van der Waals surface area (Å²) < 4.78 is 5.05. The zero-order valence-electron chi connectivity index (χ0n) is 13.3. The largest absolute Gasteiger partial charge is 0.450 e. The number of amides is 1. The number of likely N-dealkylation sites (tertiary alicyclic amines) is 1. The highest BCUT2D eigenvalue weighted by Crippen LogP contribution is 2.46. The monoisotopic (exact) mass is 302 g/mol. The molecule has 1 aliphatic heterocycles. The van der Waals surface area contributed by atoms with Crippen molar-refractivity contribution in [1.29, 1.82) is 0 Å². The van der Waals surface area contributed by atoms with Crippen molar-refractivity contribution in [3.63, 3.8) is 0 Å². The summed E-state index contributed by atoms with van der Waals surface area (Å²) in [4.78, 5) is 13.5. The number of hydrogen-bond acceptors (Lipinski definition) is 3. The van der Waals surface area contributed by atoms with E-state index in [1.807, 2.05) is 11.8 Å². The van der Waals surface area contributed by atoms with Gasteiger partial charge in [-0.2, -0.15) is 0 Å². The van der Waals surface area contributed by atoms with Gasteiger partial charge in [0.25, 0.3) is 0 Å². The van der Waals surface area contributed by atoms with Crippen LogP contribution in [0.3, 0.4) is 0 Å². The first-order valence-corrected chi connectivity index (χ1v) is 8.48. The van der Waals surface area contributed by atoms with E-state index in [9.17, 15) is 4.79 Å². The molecule has 2 fully saturated rings. The second kappa shape index (κ2) is 7.14. The first-order chi connectivity index (χ1) is 10.8. The second-order valence-corrected chi connectivity index (χ2v) is 6.38. The number of ether oxygens (including phenoxy) is 1. The Hall–Kier alpha value is -1.55. The topological polar surface area (TPSA) is 41.6 Å². The van der Waals surface area contributed by atoms with Crippen LogP contribution in [0.4, 0.5) is 4.79 Å². The van der Waals surface area contributed by atoms with E-state index in [0.29, 0.717) is 12.6 Å². The maximum atomic E-state index is 11.7. The molecule has 0 bridgehead atoms. The number of nitrogens with zero attached hydrogens (tertiary/aromatic N) is 1. The molecule has 1 heterocycles. The van der Waals surface area contributed by atoms with Gasteiger partial charge in [-0.3, -0.25) is 0 Å². The van der Waals surface area contributed by atoms with E-state index in [4.69, 9.17) is 4.74 Å². The molecule has 22 heavy (non-hydrogen) atoms. The van der Waals surface area contributed by atoms with E-state index in [1.165, 1.54) is 12.0 Å². The molecular formula is C18H26N2O2. The Morgan fingerprint density at radius 2 is 2.00 bits per heavy atom. The molecule has 0 spiro atoms. The third-order valence-electron chi connectivity index (χ3n) is 4.84. The average Bonchev–Trinajstić information content (AvgIpc) is 3.34. The third kappa shape index (κ3) is 3.80. The molecule has 1 saturated heterocycles. The number of piperidine rings is 1. The van der Waals surface area contributed by atoms with Crippen LogP contribution in [-0.4, -0.2) is 43.3 Å². The maximum absolute atomic E-state index is 11.7. The fourth-order valence-corrected chi connectivity index (χ4v) is 3.38. The maximum Gasteiger partial charge on any atom is 0.409 e. The molecule has 1 saturated carbocycles. The zero-order valence-corrected chi connectivity index (χ0v) is 13.3. The Morgan fingerprint density at radius 1 is 1.27 bits per heavy atom. The molecule has 4 heteroatoms. The van der Waals surface area contributed by atoms with E-state index >= 15 is 0 Å². The summed E-state index contributed by atoms with van der Waals surface area (Å²) in [5.74, 6) is 1.53. The van der Waals surface area contributed by atoms with Gasteiger partial charge >= 0.3 is 6.09 Å². The number of carbonyl (C=O) groups is 1. The van der Waals surface area contributed by atoms with Crippen molar-refractivity contribution in [3.8, 4) is 0 Å². The Morgan fingerprint density at radius 3 is 2.68 bits per heavy atom. The van der Waals surface area contributed by atoms with Crippen LogP contribution in [-0.2, 0) is 4.74 Å². The summed E-state index contributed by atoms with van der Waals surface area (Å²) in [7, 11) is 0. The Kier molecular flexibility index (Phi) is 4.98. The number of hydrogen-bond donors (Lipinski definition) is 1. The Bertz CT molecular complexity index is 483. The number of rotatable bonds is 5. The molecule has 1 aromatic carbocycles. The van der Waals surface area contributed by atoms with Crippen molar-refractivity contribution in [3.05, 3.63) is 35.9 Å². The molecule has 0 aromatic heterocycles. The van der Waals surface area contributed by atoms with Crippen molar-refractivity contribution in [2.24, 2.45) is 5.92 Å². The van der Waals surface area contributed by atoms with Gasteiger partial charge in [0, 0.05) is 19.1 Å². The fraction of sp³-hybridized carbons (Fsp3) is 0.611. The summed E-state index contributed by atoms with van der Waals surface area (Å²) in [5.41, 5.74) is 1.48. The molecule has 0 radical (unpaired) electrons. The van der Waals surface area contributed by atoms with Gasteiger partial charge in [-0.25, -0.2) is 4.79 Å². The van der Waals surface area contributed by atoms with Crippen molar-refractivity contribution in [2.45, 2.75) is 38.1 Å². The van der Waals surface area contributed by atoms with E-state index in [1.54, 1.807) is 0 Å². The molecule has 2 atom stereocenters. The first kappa shape index (κ1) is 15.3. The molecule has 2 aliphatic rings. The van der Waals surface area contributed by atoms with Crippen molar-refractivity contribution in [2.75, 3.05) is 26.2 Å². The summed E-state index contributed by atoms with van der Waals surface area (Å²) in [5, 5.41) is 3.70. The summed E-state index contributed by atoms with van der Waals surface area (Å²) in [6, 6.07) is 11.4. The van der Waals surface area contributed by atoms with Gasteiger partial charge in [-0.05, 0) is 50.1 Å². The van der Waals surface area contributed by atoms with Crippen molar-refractivity contribution >= 4 is 6.09 Å². The van der Waals surface area contributed by atoms with Gasteiger partial charge < -0.3 is 15.0 Å². The van der Waals surface area contributed by atoms with Crippen LogP contribution in [0.2, 0.25) is 0 Å². The lowest BCUT2D eigenvalue weighted by Crippen LogP contribution is -2.45. The van der Waals surface area contributed by atoms with Crippen LogP contribution >= 0.6 is 0 Å². The normalized spacial score (nSPS) is 25.0. The molecule has 2 unspecified atom stereocenters. The second-order valence-electron chi connectivity index (χ2n) is 6.38.